The molecule has 2 heterocycles. The Hall–Kier alpha value is -1.92. The van der Waals surface area contributed by atoms with E-state index in [1.54, 1.807) is 17.8 Å². The van der Waals surface area contributed by atoms with Crippen molar-refractivity contribution in [3.8, 4) is 22.5 Å². The molecule has 4 nitrogen and oxygen atoms in total. The molecule has 0 radical (unpaired) electrons. The maximum absolute atomic E-state index is 13.2. The van der Waals surface area contributed by atoms with Gasteiger partial charge >= 0.3 is 0 Å². The summed E-state index contributed by atoms with van der Waals surface area (Å²) in [4.78, 5) is 4.44. The van der Waals surface area contributed by atoms with Crippen LogP contribution in [0.2, 0.25) is 5.02 Å². The van der Waals surface area contributed by atoms with Crippen molar-refractivity contribution >= 4 is 28.8 Å². The van der Waals surface area contributed by atoms with Gasteiger partial charge in [-0.1, -0.05) is 11.6 Å². The molecular formula is C14H12ClFN4S. The standard InChI is InChI=1S/C14H12ClFN4S/c1-7-18-11(6-21-7)13-12(14(17)20(2)19-13)9-4-3-8(16)5-10(9)15/h3-6H,17H2,1-2H3. The molecule has 0 aliphatic heterocycles. The number of hydrogen-bond acceptors (Lipinski definition) is 4. The number of aryl methyl sites for hydroxylation is 2. The number of nitrogens with two attached hydrogens (primary N) is 1. The Morgan fingerprint density at radius 1 is 1.38 bits per heavy atom. The number of benzene rings is 1. The third-order valence-electron chi connectivity index (χ3n) is 3.15. The summed E-state index contributed by atoms with van der Waals surface area (Å²) in [6, 6.07) is 4.22. The van der Waals surface area contributed by atoms with Crippen LogP contribution in [0.4, 0.5) is 10.2 Å². The van der Waals surface area contributed by atoms with Crippen LogP contribution in [0.3, 0.4) is 0 Å². The Balaban J connectivity index is 2.26. The second kappa shape index (κ2) is 5.13. The summed E-state index contributed by atoms with van der Waals surface area (Å²) in [7, 11) is 1.75. The molecule has 0 atom stereocenters. The molecule has 0 saturated heterocycles. The summed E-state index contributed by atoms with van der Waals surface area (Å²) in [6.45, 7) is 1.92. The average Bonchev–Trinajstić information content (AvgIpc) is 2.96. The van der Waals surface area contributed by atoms with Crippen molar-refractivity contribution in [2.45, 2.75) is 6.92 Å². The van der Waals surface area contributed by atoms with Crippen LogP contribution in [0.1, 0.15) is 5.01 Å². The van der Waals surface area contributed by atoms with E-state index in [0.29, 0.717) is 27.7 Å². The van der Waals surface area contributed by atoms with Crippen molar-refractivity contribution in [2.75, 3.05) is 5.73 Å². The molecule has 0 unspecified atom stereocenters. The van der Waals surface area contributed by atoms with E-state index < -0.39 is 5.82 Å². The fraction of sp³-hybridized carbons (Fsp3) is 0.143. The van der Waals surface area contributed by atoms with Crippen LogP contribution < -0.4 is 5.73 Å². The maximum Gasteiger partial charge on any atom is 0.130 e. The molecule has 21 heavy (non-hydrogen) atoms. The van der Waals surface area contributed by atoms with Crippen molar-refractivity contribution in [1.82, 2.24) is 14.8 Å². The van der Waals surface area contributed by atoms with Gasteiger partial charge in [0.15, 0.2) is 0 Å². The summed E-state index contributed by atoms with van der Waals surface area (Å²) in [5.41, 5.74) is 8.81. The highest BCUT2D eigenvalue weighted by Crippen LogP contribution is 2.39. The number of aromatic nitrogens is 3. The van der Waals surface area contributed by atoms with Crippen LogP contribution in [-0.2, 0) is 7.05 Å². The van der Waals surface area contributed by atoms with Gasteiger partial charge in [0.05, 0.1) is 15.6 Å². The third-order valence-corrected chi connectivity index (χ3v) is 4.24. The van der Waals surface area contributed by atoms with Crippen molar-refractivity contribution in [1.29, 1.82) is 0 Å². The Morgan fingerprint density at radius 2 is 2.14 bits per heavy atom. The second-order valence-corrected chi connectivity index (χ2v) is 6.08. The van der Waals surface area contributed by atoms with Gasteiger partial charge in [0.25, 0.3) is 0 Å². The number of rotatable bonds is 2. The zero-order valence-corrected chi connectivity index (χ0v) is 13.0. The fourth-order valence-electron chi connectivity index (χ4n) is 2.15. The number of hydrogen-bond donors (Lipinski definition) is 1. The monoisotopic (exact) mass is 322 g/mol. The van der Waals surface area contributed by atoms with Crippen LogP contribution in [0, 0.1) is 12.7 Å². The predicted molar refractivity (Wildman–Crippen MR) is 83.9 cm³/mol. The first kappa shape index (κ1) is 14.0. The fourth-order valence-corrected chi connectivity index (χ4v) is 3.01. The van der Waals surface area contributed by atoms with E-state index in [1.165, 1.54) is 23.5 Å². The highest BCUT2D eigenvalue weighted by atomic mass is 35.5. The van der Waals surface area contributed by atoms with E-state index >= 15 is 0 Å². The molecule has 3 aromatic rings. The molecule has 7 heteroatoms. The minimum absolute atomic E-state index is 0.294. The van der Waals surface area contributed by atoms with E-state index in [4.69, 9.17) is 17.3 Å². The smallest absolute Gasteiger partial charge is 0.130 e. The van der Waals surface area contributed by atoms with Gasteiger partial charge in [-0.05, 0) is 25.1 Å². The van der Waals surface area contributed by atoms with Crippen LogP contribution in [-0.4, -0.2) is 14.8 Å². The summed E-state index contributed by atoms with van der Waals surface area (Å²) in [6.07, 6.45) is 0. The Kier molecular flexibility index (Phi) is 3.43. The normalized spacial score (nSPS) is 11.0. The topological polar surface area (TPSA) is 56.7 Å². The molecule has 0 aliphatic carbocycles. The summed E-state index contributed by atoms with van der Waals surface area (Å²) in [5, 5.41) is 7.56. The number of nitrogen functional groups attached to an aromatic ring is 1. The molecule has 2 aromatic heterocycles. The minimum atomic E-state index is -0.391. The molecule has 0 saturated carbocycles. The Morgan fingerprint density at radius 3 is 2.76 bits per heavy atom. The predicted octanol–water partition coefficient (Wildman–Crippen LogP) is 3.89. The highest BCUT2D eigenvalue weighted by Gasteiger charge is 2.21. The average molecular weight is 323 g/mol. The van der Waals surface area contributed by atoms with Crippen molar-refractivity contribution in [3.63, 3.8) is 0 Å². The van der Waals surface area contributed by atoms with Gasteiger partial charge in [-0.15, -0.1) is 11.3 Å². The largest absolute Gasteiger partial charge is 0.383 e. The Labute approximate surface area is 130 Å². The summed E-state index contributed by atoms with van der Waals surface area (Å²) in [5.74, 6) is 0.0708. The lowest BCUT2D eigenvalue weighted by Crippen LogP contribution is -1.98. The van der Waals surface area contributed by atoms with Gasteiger partial charge in [0, 0.05) is 18.0 Å². The van der Waals surface area contributed by atoms with Crippen molar-refractivity contribution < 1.29 is 4.39 Å². The number of thiazole rings is 1. The van der Waals surface area contributed by atoms with Gasteiger partial charge in [-0.2, -0.15) is 5.10 Å². The number of halogens is 2. The minimum Gasteiger partial charge on any atom is -0.383 e. The molecule has 108 valence electrons. The molecule has 0 bridgehead atoms. The highest BCUT2D eigenvalue weighted by molar-refractivity contribution is 7.09. The second-order valence-electron chi connectivity index (χ2n) is 4.61. The van der Waals surface area contributed by atoms with Gasteiger partial charge in [-0.25, -0.2) is 9.37 Å². The van der Waals surface area contributed by atoms with Crippen molar-refractivity contribution in [3.05, 3.63) is 39.4 Å². The zero-order chi connectivity index (χ0) is 15.1. The van der Waals surface area contributed by atoms with Crippen LogP contribution >= 0.6 is 22.9 Å². The first-order valence-electron chi connectivity index (χ1n) is 6.17. The van der Waals surface area contributed by atoms with Gasteiger partial charge in [0.2, 0.25) is 0 Å². The molecule has 0 spiro atoms. The van der Waals surface area contributed by atoms with Crippen molar-refractivity contribution in [2.24, 2.45) is 7.05 Å². The quantitative estimate of drug-likeness (QED) is 0.778. The molecular weight excluding hydrogens is 311 g/mol. The molecule has 1 aromatic carbocycles. The van der Waals surface area contributed by atoms with Gasteiger partial charge in [0.1, 0.15) is 23.0 Å². The zero-order valence-electron chi connectivity index (χ0n) is 11.4. The number of nitrogens with zero attached hydrogens (tertiary/aromatic N) is 3. The van der Waals surface area contributed by atoms with E-state index in [0.717, 1.165) is 10.7 Å². The van der Waals surface area contributed by atoms with E-state index in [9.17, 15) is 4.39 Å². The molecule has 3 rings (SSSR count). The molecule has 0 amide bonds. The van der Waals surface area contributed by atoms with E-state index in [-0.39, 0.29) is 0 Å². The molecule has 0 aliphatic rings. The summed E-state index contributed by atoms with van der Waals surface area (Å²) < 4.78 is 14.8. The lowest BCUT2D eigenvalue weighted by molar-refractivity contribution is 0.628. The first-order valence-corrected chi connectivity index (χ1v) is 7.43. The lowest BCUT2D eigenvalue weighted by atomic mass is 10.0. The van der Waals surface area contributed by atoms with Crippen LogP contribution in [0.15, 0.2) is 23.6 Å². The third kappa shape index (κ3) is 2.41. The van der Waals surface area contributed by atoms with E-state index in [1.807, 2.05) is 12.3 Å². The number of anilines is 1. The van der Waals surface area contributed by atoms with Crippen LogP contribution in [0.25, 0.3) is 22.5 Å². The maximum atomic E-state index is 13.2. The molecule has 0 fully saturated rings. The first-order chi connectivity index (χ1) is 9.97. The Bertz CT molecular complexity index is 824. The van der Waals surface area contributed by atoms with Gasteiger partial charge in [-0.3, -0.25) is 4.68 Å². The van der Waals surface area contributed by atoms with Crippen LogP contribution in [0.5, 0.6) is 0 Å². The van der Waals surface area contributed by atoms with E-state index in [2.05, 4.69) is 10.1 Å². The summed E-state index contributed by atoms with van der Waals surface area (Å²) >= 11 is 7.69. The SMILES string of the molecule is Cc1nc(-c2nn(C)c(N)c2-c2ccc(F)cc2Cl)cs1. The van der Waals surface area contributed by atoms with Gasteiger partial charge < -0.3 is 5.73 Å². The lowest BCUT2D eigenvalue weighted by Gasteiger charge is -2.05. The molecule has 2 N–H and O–H groups in total.